The van der Waals surface area contributed by atoms with E-state index in [-0.39, 0.29) is 31.1 Å². The smallest absolute Gasteiger partial charge is 0.391 e. The molecule has 1 aliphatic heterocycles. The first kappa shape index (κ1) is 15.4. The van der Waals surface area contributed by atoms with E-state index in [1.165, 1.54) is 13.0 Å². The summed E-state index contributed by atoms with van der Waals surface area (Å²) >= 11 is 0. The fraction of sp³-hybridized carbons (Fsp3) is 0.636. The van der Waals surface area contributed by atoms with Gasteiger partial charge in [-0.25, -0.2) is 4.79 Å². The maximum atomic E-state index is 11.3. The van der Waals surface area contributed by atoms with E-state index in [1.807, 2.05) is 0 Å². The zero-order chi connectivity index (χ0) is 14.4. The maximum Gasteiger partial charge on any atom is 0.391 e. The van der Waals surface area contributed by atoms with Crippen LogP contribution in [0.4, 0.5) is 0 Å². The second kappa shape index (κ2) is 7.07. The first-order chi connectivity index (χ1) is 8.99. The molecule has 1 heterocycles. The molecule has 1 rings (SSSR count). The first-order valence-corrected chi connectivity index (χ1v) is 5.83. The molecule has 0 fully saturated rings. The third-order valence-electron chi connectivity index (χ3n) is 2.72. The molecule has 0 spiro atoms. The van der Waals surface area contributed by atoms with E-state index in [0.717, 1.165) is 0 Å². The lowest BCUT2D eigenvalue weighted by atomic mass is 9.97. The van der Waals surface area contributed by atoms with Crippen LogP contribution in [-0.2, 0) is 19.2 Å². The Morgan fingerprint density at radius 1 is 1.68 bits per heavy atom. The summed E-state index contributed by atoms with van der Waals surface area (Å²) in [5.74, 6) is 3.49. The van der Waals surface area contributed by atoms with Gasteiger partial charge in [0, 0.05) is 20.0 Å². The van der Waals surface area contributed by atoms with E-state index in [4.69, 9.17) is 15.7 Å². The van der Waals surface area contributed by atoms with Crippen molar-refractivity contribution in [1.29, 1.82) is 0 Å². The standard InChI is InChI=1S/C11H18N2O6/c1-6(15)13-7-2-3-9(11(17)19-12)18-10(7)8(16)4-5-14/h3,7-8,10,14,16H,2,4-5,12H2,1H3,(H,13,15)/t7-,8-,10-/m1/s1. The van der Waals surface area contributed by atoms with Crippen LogP contribution in [0, 0.1) is 0 Å². The molecule has 0 saturated heterocycles. The second-order valence-corrected chi connectivity index (χ2v) is 4.18. The Balaban J connectivity index is 2.83. The van der Waals surface area contributed by atoms with Crippen molar-refractivity contribution in [1.82, 2.24) is 5.32 Å². The van der Waals surface area contributed by atoms with Gasteiger partial charge in [0.1, 0.15) is 6.10 Å². The highest BCUT2D eigenvalue weighted by Gasteiger charge is 2.35. The van der Waals surface area contributed by atoms with E-state index in [0.29, 0.717) is 0 Å². The molecular weight excluding hydrogens is 256 g/mol. The van der Waals surface area contributed by atoms with Crippen LogP contribution in [0.15, 0.2) is 11.8 Å². The summed E-state index contributed by atoms with van der Waals surface area (Å²) < 4.78 is 5.30. The monoisotopic (exact) mass is 274 g/mol. The van der Waals surface area contributed by atoms with Crippen molar-refractivity contribution in [2.75, 3.05) is 6.61 Å². The van der Waals surface area contributed by atoms with E-state index in [2.05, 4.69) is 10.2 Å². The summed E-state index contributed by atoms with van der Waals surface area (Å²) in [4.78, 5) is 26.4. The number of ether oxygens (including phenoxy) is 1. The highest BCUT2D eigenvalue weighted by molar-refractivity contribution is 5.86. The van der Waals surface area contributed by atoms with Gasteiger partial charge in [0.15, 0.2) is 0 Å². The highest BCUT2D eigenvalue weighted by Crippen LogP contribution is 2.22. The molecule has 0 bridgehead atoms. The number of aliphatic hydroxyl groups excluding tert-OH is 2. The van der Waals surface area contributed by atoms with Crippen molar-refractivity contribution in [3.05, 3.63) is 11.8 Å². The van der Waals surface area contributed by atoms with E-state index < -0.39 is 24.2 Å². The average Bonchev–Trinajstić information content (AvgIpc) is 2.37. The van der Waals surface area contributed by atoms with Crippen LogP contribution in [0.1, 0.15) is 19.8 Å². The number of hydrogen-bond donors (Lipinski definition) is 4. The van der Waals surface area contributed by atoms with Crippen molar-refractivity contribution in [3.8, 4) is 0 Å². The van der Waals surface area contributed by atoms with Crippen molar-refractivity contribution in [3.63, 3.8) is 0 Å². The molecule has 5 N–H and O–H groups in total. The van der Waals surface area contributed by atoms with Crippen LogP contribution in [0.2, 0.25) is 0 Å². The largest absolute Gasteiger partial charge is 0.478 e. The lowest BCUT2D eigenvalue weighted by Gasteiger charge is -2.34. The van der Waals surface area contributed by atoms with Crippen LogP contribution in [0.25, 0.3) is 0 Å². The lowest BCUT2D eigenvalue weighted by Crippen LogP contribution is -2.51. The Morgan fingerprint density at radius 3 is 2.89 bits per heavy atom. The van der Waals surface area contributed by atoms with Gasteiger partial charge in [-0.1, -0.05) is 0 Å². The second-order valence-electron chi connectivity index (χ2n) is 4.18. The zero-order valence-electron chi connectivity index (χ0n) is 10.5. The summed E-state index contributed by atoms with van der Waals surface area (Å²) in [6, 6.07) is -0.492. The molecule has 0 saturated carbocycles. The number of carbonyl (C=O) groups excluding carboxylic acids is 2. The molecule has 108 valence electrons. The van der Waals surface area contributed by atoms with Crippen molar-refractivity contribution < 1.29 is 29.4 Å². The number of nitrogens with two attached hydrogens (primary N) is 1. The molecule has 0 unspecified atom stereocenters. The number of carbonyl (C=O) groups is 2. The Labute approximate surface area is 110 Å². The molecule has 19 heavy (non-hydrogen) atoms. The number of aliphatic hydroxyl groups is 2. The molecule has 8 heteroatoms. The van der Waals surface area contributed by atoms with Crippen LogP contribution in [-0.4, -0.2) is 46.9 Å². The lowest BCUT2D eigenvalue weighted by molar-refractivity contribution is -0.148. The Kier molecular flexibility index (Phi) is 5.74. The number of hydrogen-bond acceptors (Lipinski definition) is 7. The number of rotatable bonds is 5. The van der Waals surface area contributed by atoms with Gasteiger partial charge in [-0.3, -0.25) is 4.79 Å². The van der Waals surface area contributed by atoms with Gasteiger partial charge in [0.2, 0.25) is 11.7 Å². The van der Waals surface area contributed by atoms with Gasteiger partial charge >= 0.3 is 5.97 Å². The minimum atomic E-state index is -1.03. The van der Waals surface area contributed by atoms with E-state index >= 15 is 0 Å². The normalized spacial score (nSPS) is 23.9. The highest BCUT2D eigenvalue weighted by atomic mass is 16.7. The van der Waals surface area contributed by atoms with Crippen molar-refractivity contribution in [2.24, 2.45) is 5.90 Å². The minimum Gasteiger partial charge on any atom is -0.478 e. The third kappa shape index (κ3) is 4.19. The topological polar surface area (TPSA) is 131 Å². The van der Waals surface area contributed by atoms with Gasteiger partial charge in [0.25, 0.3) is 0 Å². The van der Waals surface area contributed by atoms with Gasteiger partial charge in [-0.2, -0.15) is 5.90 Å². The zero-order valence-corrected chi connectivity index (χ0v) is 10.5. The molecule has 8 nitrogen and oxygen atoms in total. The summed E-state index contributed by atoms with van der Waals surface area (Å²) in [7, 11) is 0. The molecule has 1 aliphatic rings. The maximum absolute atomic E-state index is 11.3. The van der Waals surface area contributed by atoms with Crippen molar-refractivity contribution >= 4 is 11.9 Å². The number of nitrogens with one attached hydrogen (secondary N) is 1. The summed E-state index contributed by atoms with van der Waals surface area (Å²) in [5.41, 5.74) is 0. The Morgan fingerprint density at radius 2 is 2.37 bits per heavy atom. The molecule has 0 radical (unpaired) electrons. The SMILES string of the molecule is CC(=O)N[C@@H]1CC=C(C(=O)ON)O[C@H]1[C@H](O)CCO. The first-order valence-electron chi connectivity index (χ1n) is 5.83. The summed E-state index contributed by atoms with van der Waals surface area (Å²) in [6.07, 6.45) is -0.104. The molecule has 0 aromatic rings. The Hall–Kier alpha value is -1.64. The predicted octanol–water partition coefficient (Wildman–Crippen LogP) is -1.68. The molecular formula is C11H18N2O6. The van der Waals surface area contributed by atoms with Crippen LogP contribution < -0.4 is 11.2 Å². The van der Waals surface area contributed by atoms with Gasteiger partial charge < -0.3 is 25.1 Å². The summed E-state index contributed by atoms with van der Waals surface area (Å²) in [6.45, 7) is 1.09. The predicted molar refractivity (Wildman–Crippen MR) is 63.2 cm³/mol. The van der Waals surface area contributed by atoms with Gasteiger partial charge in [0.05, 0.1) is 12.1 Å². The summed E-state index contributed by atoms with van der Waals surface area (Å²) in [5, 5.41) is 21.3. The van der Waals surface area contributed by atoms with Crippen LogP contribution in [0.3, 0.4) is 0 Å². The average molecular weight is 274 g/mol. The molecule has 3 atom stereocenters. The molecule has 0 aliphatic carbocycles. The van der Waals surface area contributed by atoms with Crippen molar-refractivity contribution in [2.45, 2.75) is 38.0 Å². The van der Waals surface area contributed by atoms with E-state index in [9.17, 15) is 14.7 Å². The fourth-order valence-corrected chi connectivity index (χ4v) is 1.88. The quantitative estimate of drug-likeness (QED) is 0.440. The Bertz CT molecular complexity index is 370. The van der Waals surface area contributed by atoms with Gasteiger partial charge in [-0.05, 0) is 12.5 Å². The fourth-order valence-electron chi connectivity index (χ4n) is 1.88. The van der Waals surface area contributed by atoms with Gasteiger partial charge in [-0.15, -0.1) is 0 Å². The molecule has 0 aromatic carbocycles. The molecule has 0 aromatic heterocycles. The molecule has 1 amide bonds. The minimum absolute atomic E-state index is 0.0612. The van der Waals surface area contributed by atoms with Crippen LogP contribution >= 0.6 is 0 Å². The van der Waals surface area contributed by atoms with E-state index in [1.54, 1.807) is 0 Å². The number of amides is 1. The van der Waals surface area contributed by atoms with Crippen LogP contribution in [0.5, 0.6) is 0 Å². The third-order valence-corrected chi connectivity index (χ3v) is 2.72.